The second-order valence-corrected chi connectivity index (χ2v) is 4.33. The zero-order chi connectivity index (χ0) is 14.7. The molecule has 0 fully saturated rings. The predicted octanol–water partition coefficient (Wildman–Crippen LogP) is 3.24. The second-order valence-electron chi connectivity index (χ2n) is 4.33. The maximum atomic E-state index is 10.7. The van der Waals surface area contributed by atoms with Gasteiger partial charge in [-0.1, -0.05) is 0 Å². The highest BCUT2D eigenvalue weighted by molar-refractivity contribution is 5.76. The van der Waals surface area contributed by atoms with Crippen LogP contribution in [0.4, 0.5) is 22.7 Å². The van der Waals surface area contributed by atoms with Crippen molar-refractivity contribution in [1.29, 1.82) is 0 Å². The number of non-ortho nitro benzene ring substituents is 1. The zero-order valence-corrected chi connectivity index (χ0v) is 11.2. The number of anilines is 3. The van der Waals surface area contributed by atoms with Crippen molar-refractivity contribution in [1.82, 2.24) is 0 Å². The minimum atomic E-state index is -0.473. The maximum absolute atomic E-state index is 10.7. The Bertz CT molecular complexity index is 656. The van der Waals surface area contributed by atoms with Crippen LogP contribution >= 0.6 is 0 Å². The predicted molar refractivity (Wildman–Crippen MR) is 78.5 cm³/mol. The number of nitrogens with two attached hydrogens (primary N) is 1. The average Bonchev–Trinajstić information content (AvgIpc) is 2.42. The minimum absolute atomic E-state index is 0.0282. The first-order valence-corrected chi connectivity index (χ1v) is 5.97. The summed E-state index contributed by atoms with van der Waals surface area (Å²) in [6.07, 6.45) is 0. The van der Waals surface area contributed by atoms with E-state index in [4.69, 9.17) is 10.5 Å². The molecule has 0 bridgehead atoms. The third-order valence-electron chi connectivity index (χ3n) is 2.95. The maximum Gasteiger partial charge on any atom is 0.271 e. The molecule has 0 heterocycles. The first-order chi connectivity index (χ1) is 9.51. The van der Waals surface area contributed by atoms with Crippen LogP contribution in [0, 0.1) is 17.0 Å². The molecule has 0 spiro atoms. The van der Waals surface area contributed by atoms with Crippen molar-refractivity contribution in [2.45, 2.75) is 6.92 Å². The molecule has 0 aromatic heterocycles. The SMILES string of the molecule is COc1ccc(Nc2ccc([N+](=O)[O-])cc2N)c(C)c1. The van der Waals surface area contributed by atoms with Gasteiger partial charge in [0.05, 0.1) is 23.4 Å². The van der Waals surface area contributed by atoms with Crippen LogP contribution in [0.2, 0.25) is 0 Å². The van der Waals surface area contributed by atoms with Crippen LogP contribution in [0.3, 0.4) is 0 Å². The summed E-state index contributed by atoms with van der Waals surface area (Å²) in [4.78, 5) is 10.2. The van der Waals surface area contributed by atoms with Crippen molar-refractivity contribution in [2.24, 2.45) is 0 Å². The number of nitrogen functional groups attached to an aromatic ring is 1. The quantitative estimate of drug-likeness (QED) is 0.507. The lowest BCUT2D eigenvalue weighted by Gasteiger charge is -2.12. The lowest BCUT2D eigenvalue weighted by atomic mass is 10.1. The van der Waals surface area contributed by atoms with Gasteiger partial charge in [-0.05, 0) is 36.8 Å². The number of methoxy groups -OCH3 is 1. The average molecular weight is 273 g/mol. The van der Waals surface area contributed by atoms with E-state index in [1.807, 2.05) is 25.1 Å². The Kier molecular flexibility index (Phi) is 3.74. The topological polar surface area (TPSA) is 90.4 Å². The summed E-state index contributed by atoms with van der Waals surface area (Å²) >= 11 is 0. The monoisotopic (exact) mass is 273 g/mol. The number of hydrogen-bond acceptors (Lipinski definition) is 5. The van der Waals surface area contributed by atoms with Crippen molar-refractivity contribution >= 4 is 22.7 Å². The van der Waals surface area contributed by atoms with Crippen LogP contribution < -0.4 is 15.8 Å². The Labute approximate surface area is 116 Å². The van der Waals surface area contributed by atoms with E-state index in [-0.39, 0.29) is 5.69 Å². The van der Waals surface area contributed by atoms with E-state index >= 15 is 0 Å². The van der Waals surface area contributed by atoms with Gasteiger partial charge in [0.15, 0.2) is 0 Å². The number of benzene rings is 2. The molecule has 20 heavy (non-hydrogen) atoms. The van der Waals surface area contributed by atoms with Gasteiger partial charge >= 0.3 is 0 Å². The van der Waals surface area contributed by atoms with Crippen molar-refractivity contribution in [3.63, 3.8) is 0 Å². The summed E-state index contributed by atoms with van der Waals surface area (Å²) in [7, 11) is 1.61. The normalized spacial score (nSPS) is 10.1. The largest absolute Gasteiger partial charge is 0.497 e. The fraction of sp³-hybridized carbons (Fsp3) is 0.143. The smallest absolute Gasteiger partial charge is 0.271 e. The minimum Gasteiger partial charge on any atom is -0.497 e. The third kappa shape index (κ3) is 2.80. The van der Waals surface area contributed by atoms with Gasteiger partial charge in [0, 0.05) is 17.8 Å². The van der Waals surface area contributed by atoms with Crippen LogP contribution in [0.5, 0.6) is 5.75 Å². The number of nitro benzene ring substituents is 1. The molecule has 0 aliphatic heterocycles. The van der Waals surface area contributed by atoms with E-state index in [9.17, 15) is 10.1 Å². The van der Waals surface area contributed by atoms with E-state index < -0.39 is 4.92 Å². The summed E-state index contributed by atoms with van der Waals surface area (Å²) in [6.45, 7) is 1.94. The molecule has 0 aliphatic rings. The molecule has 2 aromatic carbocycles. The van der Waals surface area contributed by atoms with Crippen molar-refractivity contribution < 1.29 is 9.66 Å². The highest BCUT2D eigenvalue weighted by Gasteiger charge is 2.09. The molecule has 0 saturated heterocycles. The second kappa shape index (κ2) is 5.48. The summed E-state index contributed by atoms with van der Waals surface area (Å²) in [5.41, 5.74) is 8.61. The fourth-order valence-corrected chi connectivity index (χ4v) is 1.83. The summed E-state index contributed by atoms with van der Waals surface area (Å²) in [6, 6.07) is 9.94. The van der Waals surface area contributed by atoms with Crippen LogP contribution in [0.1, 0.15) is 5.56 Å². The number of nitro groups is 1. The Morgan fingerprint density at radius 3 is 2.45 bits per heavy atom. The highest BCUT2D eigenvalue weighted by atomic mass is 16.6. The standard InChI is InChI=1S/C14H15N3O3/c1-9-7-11(20-2)4-6-13(9)16-14-5-3-10(17(18)19)8-12(14)15/h3-8,16H,15H2,1-2H3. The first kappa shape index (κ1) is 13.7. The molecule has 2 aromatic rings. The molecule has 0 radical (unpaired) electrons. The molecule has 6 nitrogen and oxygen atoms in total. The molecule has 0 unspecified atom stereocenters. The first-order valence-electron chi connectivity index (χ1n) is 5.97. The van der Waals surface area contributed by atoms with E-state index in [2.05, 4.69) is 5.32 Å². The fourth-order valence-electron chi connectivity index (χ4n) is 1.83. The van der Waals surface area contributed by atoms with Gasteiger partial charge in [0.1, 0.15) is 5.75 Å². The number of aryl methyl sites for hydroxylation is 1. The van der Waals surface area contributed by atoms with Gasteiger partial charge in [0.25, 0.3) is 5.69 Å². The zero-order valence-electron chi connectivity index (χ0n) is 11.2. The van der Waals surface area contributed by atoms with Gasteiger partial charge in [0.2, 0.25) is 0 Å². The molecular formula is C14H15N3O3. The molecule has 104 valence electrons. The van der Waals surface area contributed by atoms with Crippen LogP contribution in [-0.4, -0.2) is 12.0 Å². The lowest BCUT2D eigenvalue weighted by Crippen LogP contribution is -1.99. The lowest BCUT2D eigenvalue weighted by molar-refractivity contribution is -0.384. The summed E-state index contributed by atoms with van der Waals surface area (Å²) in [5.74, 6) is 0.768. The molecular weight excluding hydrogens is 258 g/mol. The van der Waals surface area contributed by atoms with E-state index in [1.165, 1.54) is 12.1 Å². The van der Waals surface area contributed by atoms with Gasteiger partial charge < -0.3 is 15.8 Å². The van der Waals surface area contributed by atoms with Crippen LogP contribution in [-0.2, 0) is 0 Å². The Hall–Kier alpha value is -2.76. The van der Waals surface area contributed by atoms with Gasteiger partial charge in [-0.25, -0.2) is 0 Å². The van der Waals surface area contributed by atoms with E-state index in [1.54, 1.807) is 13.2 Å². The molecule has 6 heteroatoms. The Balaban J connectivity index is 2.28. The molecule has 0 amide bonds. The van der Waals surface area contributed by atoms with Crippen molar-refractivity contribution in [2.75, 3.05) is 18.2 Å². The number of hydrogen-bond donors (Lipinski definition) is 2. The van der Waals surface area contributed by atoms with E-state index in [0.29, 0.717) is 11.4 Å². The van der Waals surface area contributed by atoms with Crippen LogP contribution in [0.25, 0.3) is 0 Å². The molecule has 2 rings (SSSR count). The molecule has 0 saturated carbocycles. The third-order valence-corrected chi connectivity index (χ3v) is 2.95. The van der Waals surface area contributed by atoms with Crippen LogP contribution in [0.15, 0.2) is 36.4 Å². The number of ether oxygens (including phenoxy) is 1. The molecule has 0 atom stereocenters. The van der Waals surface area contributed by atoms with Crippen molar-refractivity contribution in [3.05, 3.63) is 52.1 Å². The number of rotatable bonds is 4. The Morgan fingerprint density at radius 1 is 1.20 bits per heavy atom. The summed E-state index contributed by atoms with van der Waals surface area (Å²) < 4.78 is 5.14. The van der Waals surface area contributed by atoms with E-state index in [0.717, 1.165) is 17.0 Å². The highest BCUT2D eigenvalue weighted by Crippen LogP contribution is 2.29. The molecule has 0 aliphatic carbocycles. The van der Waals surface area contributed by atoms with Gasteiger partial charge in [-0.15, -0.1) is 0 Å². The van der Waals surface area contributed by atoms with Gasteiger partial charge in [-0.2, -0.15) is 0 Å². The number of nitrogens with one attached hydrogen (secondary N) is 1. The molecule has 3 N–H and O–H groups in total. The Morgan fingerprint density at radius 2 is 1.90 bits per heavy atom. The van der Waals surface area contributed by atoms with Crippen molar-refractivity contribution in [3.8, 4) is 5.75 Å². The summed E-state index contributed by atoms with van der Waals surface area (Å²) in [5, 5.41) is 13.8. The van der Waals surface area contributed by atoms with Gasteiger partial charge in [-0.3, -0.25) is 10.1 Å². The number of nitrogens with zero attached hydrogens (tertiary/aromatic N) is 1.